The molecule has 0 fully saturated rings. The Bertz CT molecular complexity index is 204. The van der Waals surface area contributed by atoms with Gasteiger partial charge in [0.05, 0.1) is 0 Å². The highest BCUT2D eigenvalue weighted by Gasteiger charge is 2.11. The summed E-state index contributed by atoms with van der Waals surface area (Å²) >= 11 is 0. The molecule has 1 atom stereocenters. The first-order chi connectivity index (χ1) is 9.24. The lowest BCUT2D eigenvalue weighted by atomic mass is 10.1. The summed E-state index contributed by atoms with van der Waals surface area (Å²) in [5, 5.41) is 0. The molecule has 0 aliphatic heterocycles. The molecule has 0 aromatic carbocycles. The van der Waals surface area contributed by atoms with Gasteiger partial charge in [-0.25, -0.2) is 4.79 Å². The maximum absolute atomic E-state index is 11.5. The van der Waals surface area contributed by atoms with Crippen LogP contribution in [0.25, 0.3) is 0 Å². The average Bonchev–Trinajstić information content (AvgIpc) is 2.42. The van der Waals surface area contributed by atoms with Gasteiger partial charge in [0.1, 0.15) is 6.10 Å². The van der Waals surface area contributed by atoms with Crippen LogP contribution in [-0.4, -0.2) is 12.1 Å². The molecule has 0 aliphatic rings. The predicted molar refractivity (Wildman–Crippen MR) is 78.8 cm³/mol. The summed E-state index contributed by atoms with van der Waals surface area (Å²) in [5.41, 5.74) is 0. The first kappa shape index (κ1) is 18.4. The van der Waals surface area contributed by atoms with E-state index in [2.05, 4.69) is 20.8 Å². The van der Waals surface area contributed by atoms with Gasteiger partial charge in [0.25, 0.3) is 0 Å². The maximum Gasteiger partial charge on any atom is 0.342 e. The van der Waals surface area contributed by atoms with E-state index in [4.69, 9.17) is 9.78 Å². The first-order valence-electron chi connectivity index (χ1n) is 8.10. The highest BCUT2D eigenvalue weighted by molar-refractivity contribution is 5.68. The fourth-order valence-electron chi connectivity index (χ4n) is 1.98. The van der Waals surface area contributed by atoms with Crippen LogP contribution in [0.3, 0.4) is 0 Å². The van der Waals surface area contributed by atoms with E-state index in [0.29, 0.717) is 6.42 Å². The molecule has 0 rings (SSSR count). The molecule has 0 spiro atoms. The molecule has 1 unspecified atom stereocenters. The number of hydrogen-bond acceptors (Lipinski definition) is 3. The Morgan fingerprint density at radius 3 is 2.16 bits per heavy atom. The van der Waals surface area contributed by atoms with Crippen LogP contribution in [0.4, 0.5) is 0 Å². The van der Waals surface area contributed by atoms with Gasteiger partial charge < -0.3 is 0 Å². The molecule has 0 N–H and O–H groups in total. The monoisotopic (exact) mass is 272 g/mol. The second-order valence-corrected chi connectivity index (χ2v) is 5.24. The summed E-state index contributed by atoms with van der Waals surface area (Å²) in [4.78, 5) is 21.6. The molecule has 114 valence electrons. The molecular formula is C16H32O3. The highest BCUT2D eigenvalue weighted by Crippen LogP contribution is 2.11. The van der Waals surface area contributed by atoms with Crippen LogP contribution in [0.2, 0.25) is 0 Å². The Hall–Kier alpha value is -0.570. The average molecular weight is 272 g/mol. The summed E-state index contributed by atoms with van der Waals surface area (Å²) < 4.78 is 0. The second-order valence-electron chi connectivity index (χ2n) is 5.24. The Morgan fingerprint density at radius 2 is 1.53 bits per heavy atom. The van der Waals surface area contributed by atoms with Crippen LogP contribution in [0.5, 0.6) is 0 Å². The van der Waals surface area contributed by atoms with Crippen molar-refractivity contribution in [2.24, 2.45) is 0 Å². The van der Waals surface area contributed by atoms with E-state index < -0.39 is 0 Å². The smallest absolute Gasteiger partial charge is 0.298 e. The van der Waals surface area contributed by atoms with E-state index in [0.717, 1.165) is 32.1 Å². The summed E-state index contributed by atoms with van der Waals surface area (Å²) in [5.74, 6) is -0.217. The van der Waals surface area contributed by atoms with Crippen molar-refractivity contribution < 1.29 is 14.6 Å². The molecule has 3 nitrogen and oxygen atoms in total. The van der Waals surface area contributed by atoms with Gasteiger partial charge >= 0.3 is 5.97 Å². The van der Waals surface area contributed by atoms with Crippen molar-refractivity contribution in [3.05, 3.63) is 0 Å². The standard InChI is InChI=1S/C16H32O3/c1-4-7-9-10-12-14-16(17)19-18-15(6-3)13-11-8-5-2/h15H,4-14H2,1-3H3. The van der Waals surface area contributed by atoms with E-state index in [-0.39, 0.29) is 12.1 Å². The van der Waals surface area contributed by atoms with Gasteiger partial charge in [-0.3, -0.25) is 4.89 Å². The summed E-state index contributed by atoms with van der Waals surface area (Å²) in [6.07, 6.45) is 11.7. The zero-order chi connectivity index (χ0) is 14.3. The van der Waals surface area contributed by atoms with Crippen LogP contribution in [0.15, 0.2) is 0 Å². The van der Waals surface area contributed by atoms with Gasteiger partial charge in [-0.1, -0.05) is 65.7 Å². The van der Waals surface area contributed by atoms with Crippen LogP contribution in [-0.2, 0) is 14.6 Å². The molecule has 0 aromatic rings. The third kappa shape index (κ3) is 12.2. The van der Waals surface area contributed by atoms with Crippen molar-refractivity contribution in [1.82, 2.24) is 0 Å². The highest BCUT2D eigenvalue weighted by atomic mass is 17.2. The maximum atomic E-state index is 11.5. The zero-order valence-corrected chi connectivity index (χ0v) is 13.1. The van der Waals surface area contributed by atoms with Gasteiger partial charge in [0.15, 0.2) is 0 Å². The van der Waals surface area contributed by atoms with Crippen molar-refractivity contribution in [3.63, 3.8) is 0 Å². The Kier molecular flexibility index (Phi) is 13.4. The molecule has 0 saturated carbocycles. The van der Waals surface area contributed by atoms with Crippen molar-refractivity contribution in [3.8, 4) is 0 Å². The summed E-state index contributed by atoms with van der Waals surface area (Å²) in [7, 11) is 0. The van der Waals surface area contributed by atoms with Gasteiger partial charge in [0, 0.05) is 6.42 Å². The number of carbonyl (C=O) groups is 1. The molecule has 0 bridgehead atoms. The summed E-state index contributed by atoms with van der Waals surface area (Å²) in [6, 6.07) is 0. The van der Waals surface area contributed by atoms with Gasteiger partial charge in [-0.2, -0.15) is 4.89 Å². The largest absolute Gasteiger partial charge is 0.342 e. The topological polar surface area (TPSA) is 35.5 Å². The van der Waals surface area contributed by atoms with E-state index in [1.54, 1.807) is 0 Å². The molecule has 3 heteroatoms. The minimum atomic E-state index is -0.217. The van der Waals surface area contributed by atoms with Crippen molar-refractivity contribution in [2.45, 2.75) is 97.5 Å². The first-order valence-corrected chi connectivity index (χ1v) is 8.10. The predicted octanol–water partition coefficient (Wildman–Crippen LogP) is 5.18. The molecule has 0 heterocycles. The minimum absolute atomic E-state index is 0.0654. The van der Waals surface area contributed by atoms with E-state index >= 15 is 0 Å². The molecule has 0 radical (unpaired) electrons. The van der Waals surface area contributed by atoms with Crippen LogP contribution < -0.4 is 0 Å². The van der Waals surface area contributed by atoms with E-state index in [9.17, 15) is 4.79 Å². The SMILES string of the molecule is CCCCCCCC(=O)OOC(CC)CCCCC. The Labute approximate surface area is 119 Å². The zero-order valence-electron chi connectivity index (χ0n) is 13.1. The van der Waals surface area contributed by atoms with Gasteiger partial charge in [-0.15, -0.1) is 0 Å². The van der Waals surface area contributed by atoms with Gasteiger partial charge in [-0.05, 0) is 19.3 Å². The molecule has 0 saturated heterocycles. The van der Waals surface area contributed by atoms with Crippen LogP contribution in [0.1, 0.15) is 91.4 Å². The Morgan fingerprint density at radius 1 is 0.895 bits per heavy atom. The third-order valence-corrected chi connectivity index (χ3v) is 3.35. The van der Waals surface area contributed by atoms with E-state index in [1.165, 1.54) is 32.1 Å². The third-order valence-electron chi connectivity index (χ3n) is 3.35. The lowest BCUT2D eigenvalue weighted by molar-refractivity contribution is -0.299. The molecule has 0 aromatic heterocycles. The fraction of sp³-hybridized carbons (Fsp3) is 0.938. The fourth-order valence-corrected chi connectivity index (χ4v) is 1.98. The minimum Gasteiger partial charge on any atom is -0.298 e. The van der Waals surface area contributed by atoms with Crippen molar-refractivity contribution in [2.75, 3.05) is 0 Å². The van der Waals surface area contributed by atoms with Crippen molar-refractivity contribution in [1.29, 1.82) is 0 Å². The van der Waals surface area contributed by atoms with E-state index in [1.807, 2.05) is 0 Å². The van der Waals surface area contributed by atoms with Crippen LogP contribution in [0, 0.1) is 0 Å². The van der Waals surface area contributed by atoms with Gasteiger partial charge in [0.2, 0.25) is 0 Å². The lowest BCUT2D eigenvalue weighted by Crippen LogP contribution is -2.15. The normalized spacial score (nSPS) is 12.4. The number of hydrogen-bond donors (Lipinski definition) is 0. The van der Waals surface area contributed by atoms with Crippen molar-refractivity contribution >= 4 is 5.97 Å². The molecule has 0 aliphatic carbocycles. The summed E-state index contributed by atoms with van der Waals surface area (Å²) in [6.45, 7) is 6.43. The number of rotatable bonds is 13. The van der Waals surface area contributed by atoms with Crippen LogP contribution >= 0.6 is 0 Å². The molecule has 0 amide bonds. The number of unbranched alkanes of at least 4 members (excludes halogenated alkanes) is 6. The molecule has 19 heavy (non-hydrogen) atoms. The lowest BCUT2D eigenvalue weighted by Gasteiger charge is -2.13. The second kappa shape index (κ2) is 13.9. The molecular weight excluding hydrogens is 240 g/mol. The quantitative estimate of drug-likeness (QED) is 0.263. The Balaban J connectivity index is 3.51. The number of carbonyl (C=O) groups excluding carboxylic acids is 1.